The van der Waals surface area contributed by atoms with Crippen molar-refractivity contribution in [2.75, 3.05) is 0 Å². The van der Waals surface area contributed by atoms with Gasteiger partial charge in [0.25, 0.3) is 0 Å². The summed E-state index contributed by atoms with van der Waals surface area (Å²) in [5.41, 5.74) is -4.55. The van der Waals surface area contributed by atoms with Crippen LogP contribution < -0.4 is 0 Å². The third kappa shape index (κ3) is 5.22. The second-order valence-electron chi connectivity index (χ2n) is 12.5. The van der Waals surface area contributed by atoms with Gasteiger partial charge in [0.1, 0.15) is 18.3 Å². The highest BCUT2D eigenvalue weighted by atomic mass is 16.7. The van der Waals surface area contributed by atoms with Gasteiger partial charge in [0.15, 0.2) is 29.5 Å². The molecule has 0 aromatic rings. The highest BCUT2D eigenvalue weighted by Gasteiger charge is 2.87. The fourth-order valence-electron chi connectivity index (χ4n) is 7.48. The summed E-state index contributed by atoms with van der Waals surface area (Å²) in [7, 11) is 0. The number of aliphatic hydroxyl groups excluding tert-OH is 2. The molecule has 1 spiro atoms. The molecule has 4 aliphatic rings. The summed E-state index contributed by atoms with van der Waals surface area (Å²) in [5.74, 6) is -5.42. The lowest BCUT2D eigenvalue weighted by Gasteiger charge is -2.57. The van der Waals surface area contributed by atoms with E-state index in [4.69, 9.17) is 28.4 Å². The summed E-state index contributed by atoms with van der Waals surface area (Å²) >= 11 is 0. The third-order valence-corrected chi connectivity index (χ3v) is 9.64. The minimum atomic E-state index is -1.72. The summed E-state index contributed by atoms with van der Waals surface area (Å²) < 4.78 is 35.1. The number of ether oxygens (including phenoxy) is 6. The standard InChI is InChI=1S/C30H42O13/c1-9-10-21(35)42-23-13(2)11-20-30(29(8,43-30)27(37)41-20)26(40-17(6)33)22-14(3)18(34)12-19(38-15(4)31)28(22,7)25(36)24(23)39-16(5)32/h11,14,18-20,22-26,34,36H,9-10,12H2,1-8H3. The van der Waals surface area contributed by atoms with Crippen molar-refractivity contribution in [3.63, 3.8) is 0 Å². The van der Waals surface area contributed by atoms with Gasteiger partial charge in [0, 0.05) is 44.9 Å². The molecular formula is C30H42O13. The number of hydrogen-bond acceptors (Lipinski definition) is 13. The van der Waals surface area contributed by atoms with Crippen LogP contribution in [0.25, 0.3) is 0 Å². The molecular weight excluding hydrogens is 568 g/mol. The molecule has 0 radical (unpaired) electrons. The zero-order valence-corrected chi connectivity index (χ0v) is 25.8. The molecule has 12 unspecified atom stereocenters. The van der Waals surface area contributed by atoms with Gasteiger partial charge >= 0.3 is 29.8 Å². The smallest absolute Gasteiger partial charge is 0.342 e. The summed E-state index contributed by atoms with van der Waals surface area (Å²) in [5, 5.41) is 23.6. The summed E-state index contributed by atoms with van der Waals surface area (Å²) in [6.45, 7) is 11.6. The molecule has 0 aromatic carbocycles. The molecule has 2 heterocycles. The van der Waals surface area contributed by atoms with Crippen molar-refractivity contribution >= 4 is 29.8 Å². The fourth-order valence-corrected chi connectivity index (χ4v) is 7.48. The SMILES string of the molecule is CCCC(=O)OC1C(C)=CC2OC(=O)C3(C)OC23C(OC(C)=O)C2C(C)C(O)CC(OC(C)=O)C2(C)C(O)C1OC(C)=O. The molecule has 43 heavy (non-hydrogen) atoms. The van der Waals surface area contributed by atoms with Crippen LogP contribution in [0.2, 0.25) is 0 Å². The number of hydrogen-bond donors (Lipinski definition) is 2. The van der Waals surface area contributed by atoms with Crippen LogP contribution in [0, 0.1) is 17.3 Å². The van der Waals surface area contributed by atoms with Gasteiger partial charge in [-0.2, -0.15) is 0 Å². The summed E-state index contributed by atoms with van der Waals surface area (Å²) in [6, 6.07) is 0. The normalized spacial score (nSPS) is 43.4. The van der Waals surface area contributed by atoms with Crippen molar-refractivity contribution in [3.05, 3.63) is 11.6 Å². The van der Waals surface area contributed by atoms with Crippen LogP contribution in [0.4, 0.5) is 0 Å². The van der Waals surface area contributed by atoms with Gasteiger partial charge in [-0.1, -0.05) is 20.8 Å². The van der Waals surface area contributed by atoms with E-state index in [2.05, 4.69) is 0 Å². The van der Waals surface area contributed by atoms with Crippen molar-refractivity contribution < 1.29 is 62.6 Å². The molecule has 0 aromatic heterocycles. The molecule has 2 N–H and O–H groups in total. The quantitative estimate of drug-likeness (QED) is 0.190. The van der Waals surface area contributed by atoms with E-state index in [1.54, 1.807) is 27.7 Å². The first-order valence-electron chi connectivity index (χ1n) is 14.6. The molecule has 4 rings (SSSR count). The number of carbonyl (C=O) groups excluding carboxylic acids is 5. The third-order valence-electron chi connectivity index (χ3n) is 9.64. The second-order valence-corrected chi connectivity index (χ2v) is 12.5. The van der Waals surface area contributed by atoms with Crippen LogP contribution in [0.1, 0.15) is 74.7 Å². The lowest BCUT2D eigenvalue weighted by Crippen LogP contribution is -2.68. The number of esters is 5. The Morgan fingerprint density at radius 2 is 1.60 bits per heavy atom. The lowest BCUT2D eigenvalue weighted by atomic mass is 9.52. The molecule has 13 heteroatoms. The van der Waals surface area contributed by atoms with Crippen molar-refractivity contribution in [1.82, 2.24) is 0 Å². The molecule has 240 valence electrons. The van der Waals surface area contributed by atoms with E-state index in [1.165, 1.54) is 26.8 Å². The van der Waals surface area contributed by atoms with E-state index in [9.17, 15) is 34.2 Å². The van der Waals surface area contributed by atoms with E-state index < -0.39 is 101 Å². The van der Waals surface area contributed by atoms with E-state index in [-0.39, 0.29) is 18.4 Å². The topological polar surface area (TPSA) is 184 Å². The molecule has 1 saturated carbocycles. The van der Waals surface area contributed by atoms with Gasteiger partial charge in [-0.25, -0.2) is 4.79 Å². The highest BCUT2D eigenvalue weighted by Crippen LogP contribution is 2.65. The molecule has 2 aliphatic heterocycles. The molecule has 0 bridgehead atoms. The maximum atomic E-state index is 13.2. The lowest BCUT2D eigenvalue weighted by molar-refractivity contribution is -0.246. The largest absolute Gasteiger partial charge is 0.462 e. The Hall–Kier alpha value is -3.03. The van der Waals surface area contributed by atoms with Crippen molar-refractivity contribution in [1.29, 1.82) is 0 Å². The number of rotatable bonds is 6. The first kappa shape index (κ1) is 32.9. The molecule has 13 nitrogen and oxygen atoms in total. The van der Waals surface area contributed by atoms with Gasteiger partial charge in [-0.05, 0) is 37.8 Å². The maximum Gasteiger partial charge on any atom is 0.342 e. The molecule has 0 amide bonds. The Morgan fingerprint density at radius 3 is 2.14 bits per heavy atom. The van der Waals surface area contributed by atoms with Crippen molar-refractivity contribution in [3.8, 4) is 0 Å². The van der Waals surface area contributed by atoms with Crippen LogP contribution in [0.5, 0.6) is 0 Å². The van der Waals surface area contributed by atoms with E-state index in [0.717, 1.165) is 6.92 Å². The highest BCUT2D eigenvalue weighted by molar-refractivity contribution is 5.89. The average molecular weight is 611 g/mol. The Balaban J connectivity index is 2.06. The van der Waals surface area contributed by atoms with Crippen molar-refractivity contribution in [2.45, 2.75) is 129 Å². The second kappa shape index (κ2) is 11.5. The number of aliphatic hydroxyl groups is 2. The van der Waals surface area contributed by atoms with Crippen LogP contribution in [0.15, 0.2) is 11.6 Å². The Bertz CT molecular complexity index is 1210. The van der Waals surface area contributed by atoms with E-state index >= 15 is 0 Å². The van der Waals surface area contributed by atoms with Crippen LogP contribution in [-0.4, -0.2) is 94.0 Å². The molecule has 3 fully saturated rings. The number of fused-ring (bicyclic) bond motifs is 1. The zero-order valence-electron chi connectivity index (χ0n) is 25.8. The fraction of sp³-hybridized carbons (Fsp3) is 0.767. The first-order valence-corrected chi connectivity index (χ1v) is 14.6. The monoisotopic (exact) mass is 610 g/mol. The number of carbonyl (C=O) groups is 5. The average Bonchev–Trinajstić information content (AvgIpc) is 3.48. The van der Waals surface area contributed by atoms with Gasteiger partial charge in [-0.3, -0.25) is 19.2 Å². The Morgan fingerprint density at radius 1 is 1.00 bits per heavy atom. The summed E-state index contributed by atoms with van der Waals surface area (Å²) in [6.07, 6.45) is -7.59. The van der Waals surface area contributed by atoms with Gasteiger partial charge in [-0.15, -0.1) is 0 Å². The maximum absolute atomic E-state index is 13.2. The Kier molecular flexibility index (Phi) is 8.77. The minimum Gasteiger partial charge on any atom is -0.462 e. The van der Waals surface area contributed by atoms with E-state index in [1.807, 2.05) is 0 Å². The van der Waals surface area contributed by atoms with Crippen LogP contribution in [-0.2, 0) is 52.4 Å². The van der Waals surface area contributed by atoms with Gasteiger partial charge in [0.2, 0.25) is 0 Å². The zero-order chi connectivity index (χ0) is 32.2. The van der Waals surface area contributed by atoms with Crippen LogP contribution >= 0.6 is 0 Å². The predicted octanol–water partition coefficient (Wildman–Crippen LogP) is 1.29. The predicted molar refractivity (Wildman–Crippen MR) is 145 cm³/mol. The number of epoxide rings is 1. The first-order chi connectivity index (χ1) is 19.9. The molecule has 2 saturated heterocycles. The van der Waals surface area contributed by atoms with Gasteiger partial charge in [0.05, 0.1) is 6.10 Å². The Labute approximate surface area is 250 Å². The summed E-state index contributed by atoms with van der Waals surface area (Å²) in [4.78, 5) is 63.6. The van der Waals surface area contributed by atoms with Gasteiger partial charge < -0.3 is 38.6 Å². The van der Waals surface area contributed by atoms with E-state index in [0.29, 0.717) is 6.42 Å². The molecule has 2 aliphatic carbocycles. The minimum absolute atomic E-state index is 0.0317. The van der Waals surface area contributed by atoms with Crippen molar-refractivity contribution in [2.24, 2.45) is 17.3 Å². The van der Waals surface area contributed by atoms with Crippen LogP contribution in [0.3, 0.4) is 0 Å². The molecule has 12 atom stereocenters.